The van der Waals surface area contributed by atoms with E-state index in [1.165, 1.54) is 12.8 Å². The molecule has 1 aromatic rings. The van der Waals surface area contributed by atoms with Crippen LogP contribution in [-0.4, -0.2) is 24.0 Å². The van der Waals surface area contributed by atoms with Crippen LogP contribution in [0.2, 0.25) is 0 Å². The molecule has 1 fully saturated rings. The van der Waals surface area contributed by atoms with Crippen LogP contribution >= 0.6 is 11.3 Å². The quantitative estimate of drug-likeness (QED) is 0.856. The van der Waals surface area contributed by atoms with E-state index >= 15 is 0 Å². The Hall–Kier alpha value is -0.940. The van der Waals surface area contributed by atoms with Gasteiger partial charge in [0.15, 0.2) is 0 Å². The number of nitrogens with zero attached hydrogens (tertiary/aromatic N) is 1. The summed E-state index contributed by atoms with van der Waals surface area (Å²) in [6.07, 6.45) is 5.94. The standard InChI is InChI=1S/C13H21N3OS/c1-10-15-8-12(18-10)9-16-13(17)3-2-11-4-6-14-7-5-11/h8,11,14H,2-7,9H2,1H3,(H,16,17). The van der Waals surface area contributed by atoms with E-state index in [0.29, 0.717) is 13.0 Å². The predicted octanol–water partition coefficient (Wildman–Crippen LogP) is 1.85. The lowest BCUT2D eigenvalue weighted by atomic mass is 9.93. The van der Waals surface area contributed by atoms with E-state index in [2.05, 4.69) is 15.6 Å². The molecule has 0 unspecified atom stereocenters. The Balaban J connectivity index is 1.62. The van der Waals surface area contributed by atoms with Gasteiger partial charge in [-0.3, -0.25) is 4.79 Å². The van der Waals surface area contributed by atoms with Crippen molar-refractivity contribution in [2.24, 2.45) is 5.92 Å². The fraction of sp³-hybridized carbons (Fsp3) is 0.692. The van der Waals surface area contributed by atoms with Gasteiger partial charge in [0, 0.05) is 17.5 Å². The third kappa shape index (κ3) is 4.38. The summed E-state index contributed by atoms with van der Waals surface area (Å²) in [7, 11) is 0. The van der Waals surface area contributed by atoms with Gasteiger partial charge in [0.05, 0.1) is 11.6 Å². The van der Waals surface area contributed by atoms with E-state index in [9.17, 15) is 4.79 Å². The topological polar surface area (TPSA) is 54.0 Å². The highest BCUT2D eigenvalue weighted by Gasteiger charge is 2.14. The second-order valence-electron chi connectivity index (χ2n) is 4.85. The number of amides is 1. The number of aromatic nitrogens is 1. The van der Waals surface area contributed by atoms with Crippen molar-refractivity contribution in [3.8, 4) is 0 Å². The number of hydrogen-bond donors (Lipinski definition) is 2. The molecule has 1 amide bonds. The van der Waals surface area contributed by atoms with Gasteiger partial charge in [0.25, 0.3) is 0 Å². The summed E-state index contributed by atoms with van der Waals surface area (Å²) in [4.78, 5) is 17.0. The molecule has 2 rings (SSSR count). The molecule has 0 aliphatic carbocycles. The molecule has 0 radical (unpaired) electrons. The molecule has 0 saturated carbocycles. The third-order valence-electron chi connectivity index (χ3n) is 3.37. The molecule has 0 spiro atoms. The SMILES string of the molecule is Cc1ncc(CNC(=O)CCC2CCNCC2)s1. The minimum Gasteiger partial charge on any atom is -0.351 e. The second kappa shape index (κ2) is 6.85. The highest BCUT2D eigenvalue weighted by atomic mass is 32.1. The van der Waals surface area contributed by atoms with Crippen LogP contribution in [0.4, 0.5) is 0 Å². The minimum absolute atomic E-state index is 0.166. The molecule has 0 bridgehead atoms. The summed E-state index contributed by atoms with van der Waals surface area (Å²) in [5.74, 6) is 0.891. The van der Waals surface area contributed by atoms with Crippen LogP contribution in [-0.2, 0) is 11.3 Å². The fourth-order valence-electron chi connectivity index (χ4n) is 2.27. The minimum atomic E-state index is 0.166. The highest BCUT2D eigenvalue weighted by molar-refractivity contribution is 7.11. The maximum absolute atomic E-state index is 11.7. The van der Waals surface area contributed by atoms with Crippen LogP contribution in [0.5, 0.6) is 0 Å². The van der Waals surface area contributed by atoms with Crippen LogP contribution < -0.4 is 10.6 Å². The van der Waals surface area contributed by atoms with Crippen molar-refractivity contribution in [1.82, 2.24) is 15.6 Å². The Bertz CT molecular complexity index is 385. The molecular weight excluding hydrogens is 246 g/mol. The van der Waals surface area contributed by atoms with E-state index in [0.717, 1.165) is 35.3 Å². The zero-order valence-electron chi connectivity index (χ0n) is 10.9. The lowest BCUT2D eigenvalue weighted by Gasteiger charge is -2.22. The Morgan fingerprint density at radius 3 is 3.00 bits per heavy atom. The van der Waals surface area contributed by atoms with Gasteiger partial charge >= 0.3 is 0 Å². The van der Waals surface area contributed by atoms with Crippen molar-refractivity contribution in [2.75, 3.05) is 13.1 Å². The monoisotopic (exact) mass is 267 g/mol. The molecule has 0 atom stereocenters. The molecule has 2 heterocycles. The molecule has 5 heteroatoms. The molecular formula is C13H21N3OS. The fourth-order valence-corrected chi connectivity index (χ4v) is 3.00. The number of piperidine rings is 1. The Labute approximate surface area is 112 Å². The van der Waals surface area contributed by atoms with E-state index in [-0.39, 0.29) is 5.91 Å². The number of carbonyl (C=O) groups excluding carboxylic acids is 1. The van der Waals surface area contributed by atoms with Crippen molar-refractivity contribution < 1.29 is 4.79 Å². The lowest BCUT2D eigenvalue weighted by molar-refractivity contribution is -0.121. The van der Waals surface area contributed by atoms with Gasteiger partial charge in [0.2, 0.25) is 5.91 Å². The van der Waals surface area contributed by atoms with Gasteiger partial charge in [-0.2, -0.15) is 0 Å². The van der Waals surface area contributed by atoms with E-state index < -0.39 is 0 Å². The zero-order chi connectivity index (χ0) is 12.8. The van der Waals surface area contributed by atoms with Crippen LogP contribution in [0, 0.1) is 12.8 Å². The van der Waals surface area contributed by atoms with Crippen molar-refractivity contribution in [3.63, 3.8) is 0 Å². The average Bonchev–Trinajstić information content (AvgIpc) is 2.81. The van der Waals surface area contributed by atoms with Gasteiger partial charge in [-0.15, -0.1) is 11.3 Å². The average molecular weight is 267 g/mol. The summed E-state index contributed by atoms with van der Waals surface area (Å²) in [5, 5.41) is 7.36. The maximum atomic E-state index is 11.7. The first kappa shape index (κ1) is 13.5. The molecule has 1 saturated heterocycles. The Morgan fingerprint density at radius 1 is 1.56 bits per heavy atom. The van der Waals surface area contributed by atoms with E-state index in [4.69, 9.17) is 0 Å². The van der Waals surface area contributed by atoms with Crippen molar-refractivity contribution >= 4 is 17.2 Å². The molecule has 1 aliphatic heterocycles. The number of nitrogens with one attached hydrogen (secondary N) is 2. The molecule has 100 valence electrons. The number of hydrogen-bond acceptors (Lipinski definition) is 4. The van der Waals surface area contributed by atoms with Gasteiger partial charge in [-0.25, -0.2) is 4.98 Å². The molecule has 4 nitrogen and oxygen atoms in total. The molecule has 18 heavy (non-hydrogen) atoms. The summed E-state index contributed by atoms with van der Waals surface area (Å²) in [6.45, 7) is 4.81. The maximum Gasteiger partial charge on any atom is 0.220 e. The molecule has 1 aliphatic rings. The first-order valence-corrected chi connectivity index (χ1v) is 7.44. The van der Waals surface area contributed by atoms with Crippen LogP contribution in [0.1, 0.15) is 35.6 Å². The van der Waals surface area contributed by atoms with Crippen LogP contribution in [0.3, 0.4) is 0 Å². The zero-order valence-corrected chi connectivity index (χ0v) is 11.7. The largest absolute Gasteiger partial charge is 0.351 e. The summed E-state index contributed by atoms with van der Waals surface area (Å²) < 4.78 is 0. The summed E-state index contributed by atoms with van der Waals surface area (Å²) in [6, 6.07) is 0. The molecule has 0 aromatic carbocycles. The number of carbonyl (C=O) groups is 1. The first-order chi connectivity index (χ1) is 8.74. The third-order valence-corrected chi connectivity index (χ3v) is 4.28. The Morgan fingerprint density at radius 2 is 2.33 bits per heavy atom. The van der Waals surface area contributed by atoms with Crippen LogP contribution in [0.15, 0.2) is 6.20 Å². The highest BCUT2D eigenvalue weighted by Crippen LogP contribution is 2.17. The van der Waals surface area contributed by atoms with Gasteiger partial charge in [-0.1, -0.05) is 0 Å². The first-order valence-electron chi connectivity index (χ1n) is 6.63. The van der Waals surface area contributed by atoms with Crippen LogP contribution in [0.25, 0.3) is 0 Å². The summed E-state index contributed by atoms with van der Waals surface area (Å²) >= 11 is 1.64. The second-order valence-corrected chi connectivity index (χ2v) is 6.17. The normalized spacial score (nSPS) is 16.7. The predicted molar refractivity (Wildman–Crippen MR) is 73.5 cm³/mol. The molecule has 1 aromatic heterocycles. The van der Waals surface area contributed by atoms with Gasteiger partial charge in [-0.05, 0) is 45.2 Å². The molecule has 2 N–H and O–H groups in total. The number of rotatable bonds is 5. The van der Waals surface area contributed by atoms with Crippen molar-refractivity contribution in [1.29, 1.82) is 0 Å². The van der Waals surface area contributed by atoms with Crippen molar-refractivity contribution in [2.45, 2.75) is 39.2 Å². The Kier molecular flexibility index (Phi) is 5.13. The summed E-state index contributed by atoms with van der Waals surface area (Å²) in [5.41, 5.74) is 0. The van der Waals surface area contributed by atoms with Gasteiger partial charge in [0.1, 0.15) is 0 Å². The lowest BCUT2D eigenvalue weighted by Crippen LogP contribution is -2.29. The smallest absolute Gasteiger partial charge is 0.220 e. The van der Waals surface area contributed by atoms with Crippen molar-refractivity contribution in [3.05, 3.63) is 16.1 Å². The van der Waals surface area contributed by atoms with E-state index in [1.807, 2.05) is 13.1 Å². The van der Waals surface area contributed by atoms with Gasteiger partial charge < -0.3 is 10.6 Å². The van der Waals surface area contributed by atoms with E-state index in [1.54, 1.807) is 11.3 Å². The number of thiazole rings is 1. The number of aryl methyl sites for hydroxylation is 1.